The number of hydrogen-bond donors (Lipinski definition) is 2. The number of likely N-dealkylation sites (N-methyl/N-ethyl adjacent to an activating group) is 1. The van der Waals surface area contributed by atoms with Gasteiger partial charge in [0.05, 0.1) is 6.10 Å². The van der Waals surface area contributed by atoms with E-state index in [0.717, 1.165) is 25.7 Å². The largest absolute Gasteiger partial charge is 0.364 e. The summed E-state index contributed by atoms with van der Waals surface area (Å²) in [4.78, 5) is 12.1. The zero-order valence-electron chi connectivity index (χ0n) is 12.9. The van der Waals surface area contributed by atoms with Gasteiger partial charge >= 0.3 is 0 Å². The molecule has 0 bridgehead atoms. The number of hydrogen-bond acceptors (Lipinski definition) is 3. The molecule has 0 heterocycles. The van der Waals surface area contributed by atoms with Crippen LogP contribution in [0.15, 0.2) is 0 Å². The average molecular weight is 270 g/mol. The lowest BCUT2D eigenvalue weighted by Crippen LogP contribution is -2.47. The maximum Gasteiger partial charge on any atom is 0.249 e. The number of ether oxygens (including phenoxy) is 1. The summed E-state index contributed by atoms with van der Waals surface area (Å²) in [7, 11) is 1.97. The molecule has 2 N–H and O–H groups in total. The molecule has 0 radical (unpaired) electrons. The second-order valence-corrected chi connectivity index (χ2v) is 5.52. The highest BCUT2D eigenvalue weighted by atomic mass is 16.5. The Hall–Kier alpha value is -0.610. The molecular weight excluding hydrogens is 240 g/mol. The van der Waals surface area contributed by atoms with E-state index in [2.05, 4.69) is 24.5 Å². The molecule has 1 aliphatic rings. The number of carbonyl (C=O) groups is 1. The highest BCUT2D eigenvalue weighted by Crippen LogP contribution is 2.22. The first-order valence-corrected chi connectivity index (χ1v) is 7.75. The Labute approximate surface area is 117 Å². The minimum Gasteiger partial charge on any atom is -0.364 e. The SMILES string of the molecule is CCC(CC)NC(=O)C(C)OC1CCCCC1NC. The van der Waals surface area contributed by atoms with E-state index < -0.39 is 0 Å². The third kappa shape index (κ3) is 5.11. The molecule has 112 valence electrons. The molecule has 19 heavy (non-hydrogen) atoms. The van der Waals surface area contributed by atoms with Gasteiger partial charge < -0.3 is 15.4 Å². The lowest BCUT2D eigenvalue weighted by molar-refractivity contribution is -0.138. The van der Waals surface area contributed by atoms with E-state index in [1.165, 1.54) is 12.8 Å². The monoisotopic (exact) mass is 270 g/mol. The van der Waals surface area contributed by atoms with Gasteiger partial charge in [0.2, 0.25) is 5.91 Å². The molecule has 1 saturated carbocycles. The van der Waals surface area contributed by atoms with E-state index >= 15 is 0 Å². The van der Waals surface area contributed by atoms with Crippen molar-refractivity contribution in [2.75, 3.05) is 7.05 Å². The molecule has 3 atom stereocenters. The van der Waals surface area contributed by atoms with Crippen LogP contribution < -0.4 is 10.6 Å². The van der Waals surface area contributed by atoms with E-state index in [9.17, 15) is 4.79 Å². The van der Waals surface area contributed by atoms with Gasteiger partial charge in [-0.05, 0) is 39.7 Å². The van der Waals surface area contributed by atoms with Gasteiger partial charge in [0.15, 0.2) is 0 Å². The summed E-state index contributed by atoms with van der Waals surface area (Å²) < 4.78 is 5.97. The van der Waals surface area contributed by atoms with Crippen molar-refractivity contribution in [2.45, 2.75) is 83.6 Å². The van der Waals surface area contributed by atoms with Crippen LogP contribution in [0.5, 0.6) is 0 Å². The van der Waals surface area contributed by atoms with Crippen molar-refractivity contribution in [3.63, 3.8) is 0 Å². The van der Waals surface area contributed by atoms with Crippen molar-refractivity contribution in [2.24, 2.45) is 0 Å². The molecular formula is C15H30N2O2. The molecule has 4 heteroatoms. The first kappa shape index (κ1) is 16.4. The molecule has 4 nitrogen and oxygen atoms in total. The van der Waals surface area contributed by atoms with E-state index in [1.807, 2.05) is 14.0 Å². The molecule has 3 unspecified atom stereocenters. The van der Waals surface area contributed by atoms with Crippen LogP contribution >= 0.6 is 0 Å². The average Bonchev–Trinajstić information content (AvgIpc) is 2.44. The first-order chi connectivity index (χ1) is 9.12. The van der Waals surface area contributed by atoms with Crippen LogP contribution in [-0.2, 0) is 9.53 Å². The van der Waals surface area contributed by atoms with Crippen molar-refractivity contribution >= 4 is 5.91 Å². The second kappa shape index (κ2) is 8.54. The van der Waals surface area contributed by atoms with Crippen LogP contribution in [-0.4, -0.2) is 37.2 Å². The predicted octanol–water partition coefficient (Wildman–Crippen LogP) is 2.23. The second-order valence-electron chi connectivity index (χ2n) is 5.52. The van der Waals surface area contributed by atoms with Crippen molar-refractivity contribution in [3.8, 4) is 0 Å². The van der Waals surface area contributed by atoms with Crippen molar-refractivity contribution < 1.29 is 9.53 Å². The van der Waals surface area contributed by atoms with Crippen LogP contribution in [0, 0.1) is 0 Å². The minimum atomic E-state index is -0.362. The number of nitrogens with one attached hydrogen (secondary N) is 2. The normalized spacial score (nSPS) is 25.3. The van der Waals surface area contributed by atoms with Crippen LogP contribution in [0.1, 0.15) is 59.3 Å². The van der Waals surface area contributed by atoms with Crippen molar-refractivity contribution in [1.82, 2.24) is 10.6 Å². The molecule has 1 aliphatic carbocycles. The van der Waals surface area contributed by atoms with E-state index in [4.69, 9.17) is 4.74 Å². The maximum absolute atomic E-state index is 12.1. The fraction of sp³-hybridized carbons (Fsp3) is 0.933. The lowest BCUT2D eigenvalue weighted by atomic mass is 9.92. The van der Waals surface area contributed by atoms with Gasteiger partial charge in [-0.2, -0.15) is 0 Å². The van der Waals surface area contributed by atoms with Gasteiger partial charge in [0.25, 0.3) is 0 Å². The number of carbonyl (C=O) groups excluding carboxylic acids is 1. The Morgan fingerprint density at radius 1 is 1.26 bits per heavy atom. The molecule has 1 fully saturated rings. The third-order valence-electron chi connectivity index (χ3n) is 4.15. The molecule has 0 aromatic carbocycles. The fourth-order valence-corrected chi connectivity index (χ4v) is 2.73. The van der Waals surface area contributed by atoms with Gasteiger partial charge in [0.1, 0.15) is 6.10 Å². The summed E-state index contributed by atoms with van der Waals surface area (Å²) in [6.07, 6.45) is 6.38. The smallest absolute Gasteiger partial charge is 0.249 e. The van der Waals surface area contributed by atoms with Crippen molar-refractivity contribution in [1.29, 1.82) is 0 Å². The topological polar surface area (TPSA) is 50.4 Å². The molecule has 0 spiro atoms. The zero-order chi connectivity index (χ0) is 14.3. The first-order valence-electron chi connectivity index (χ1n) is 7.75. The lowest BCUT2D eigenvalue weighted by Gasteiger charge is -2.33. The molecule has 0 aromatic rings. The van der Waals surface area contributed by atoms with E-state index in [0.29, 0.717) is 6.04 Å². The minimum absolute atomic E-state index is 0.0223. The molecule has 0 aliphatic heterocycles. The van der Waals surface area contributed by atoms with Gasteiger partial charge in [0, 0.05) is 12.1 Å². The molecule has 1 amide bonds. The Balaban J connectivity index is 2.43. The van der Waals surface area contributed by atoms with Gasteiger partial charge in [-0.25, -0.2) is 0 Å². The summed E-state index contributed by atoms with van der Waals surface area (Å²) in [6, 6.07) is 0.655. The predicted molar refractivity (Wildman–Crippen MR) is 78.2 cm³/mol. The third-order valence-corrected chi connectivity index (χ3v) is 4.15. The Kier molecular flexibility index (Phi) is 7.39. The van der Waals surface area contributed by atoms with Gasteiger partial charge in [-0.15, -0.1) is 0 Å². The Bertz CT molecular complexity index is 267. The zero-order valence-corrected chi connectivity index (χ0v) is 12.9. The van der Waals surface area contributed by atoms with Crippen molar-refractivity contribution in [3.05, 3.63) is 0 Å². The maximum atomic E-state index is 12.1. The quantitative estimate of drug-likeness (QED) is 0.746. The van der Waals surface area contributed by atoms with Crippen LogP contribution in [0.2, 0.25) is 0 Å². The Morgan fingerprint density at radius 2 is 1.89 bits per heavy atom. The number of amides is 1. The van der Waals surface area contributed by atoms with Crippen LogP contribution in [0.25, 0.3) is 0 Å². The molecule has 0 saturated heterocycles. The summed E-state index contributed by atoms with van der Waals surface area (Å²) in [5.41, 5.74) is 0. The van der Waals surface area contributed by atoms with Crippen LogP contribution in [0.3, 0.4) is 0 Å². The fourth-order valence-electron chi connectivity index (χ4n) is 2.73. The van der Waals surface area contributed by atoms with Gasteiger partial charge in [-0.1, -0.05) is 26.7 Å². The van der Waals surface area contributed by atoms with Crippen LogP contribution in [0.4, 0.5) is 0 Å². The summed E-state index contributed by atoms with van der Waals surface area (Å²) in [5.74, 6) is 0.0223. The Morgan fingerprint density at radius 3 is 2.47 bits per heavy atom. The highest BCUT2D eigenvalue weighted by Gasteiger charge is 2.28. The number of rotatable bonds is 7. The van der Waals surface area contributed by atoms with E-state index in [1.54, 1.807) is 0 Å². The van der Waals surface area contributed by atoms with Gasteiger partial charge in [-0.3, -0.25) is 4.79 Å². The standard InChI is InChI=1S/C15H30N2O2/c1-5-12(6-2)17-15(18)11(3)19-14-10-8-7-9-13(14)16-4/h11-14,16H,5-10H2,1-4H3,(H,17,18). The molecule has 1 rings (SSSR count). The summed E-state index contributed by atoms with van der Waals surface area (Å²) in [6.45, 7) is 6.05. The van der Waals surface area contributed by atoms with E-state index in [-0.39, 0.29) is 24.2 Å². The summed E-state index contributed by atoms with van der Waals surface area (Å²) >= 11 is 0. The molecule has 0 aromatic heterocycles. The highest BCUT2D eigenvalue weighted by molar-refractivity contribution is 5.80. The summed E-state index contributed by atoms with van der Waals surface area (Å²) in [5, 5.41) is 6.36.